The second kappa shape index (κ2) is 6.36. The van der Waals surface area contributed by atoms with Crippen LogP contribution in [0.5, 0.6) is 0 Å². The number of aromatic carboxylic acids is 1. The number of aliphatic hydroxyl groups excluding tert-OH is 1. The molecule has 0 amide bonds. The summed E-state index contributed by atoms with van der Waals surface area (Å²) in [6.07, 6.45) is 1.55. The van der Waals surface area contributed by atoms with E-state index in [1.165, 1.54) is 11.3 Å². The smallest absolute Gasteiger partial charge is 0.335 e. The van der Waals surface area contributed by atoms with Crippen molar-refractivity contribution in [2.75, 3.05) is 6.61 Å². The van der Waals surface area contributed by atoms with Crippen molar-refractivity contribution in [3.05, 3.63) is 34.5 Å². The maximum Gasteiger partial charge on any atom is 0.335 e. The van der Waals surface area contributed by atoms with E-state index in [-0.39, 0.29) is 12.0 Å². The molecule has 126 valence electrons. The van der Waals surface area contributed by atoms with Crippen molar-refractivity contribution in [2.24, 2.45) is 0 Å². The highest BCUT2D eigenvalue weighted by Gasteiger charge is 2.25. The average molecular weight is 317 g/mol. The minimum absolute atomic E-state index is 0.151. The molecule has 1 aromatic carbocycles. The third kappa shape index (κ3) is 3.13. The first-order valence-electron chi connectivity index (χ1n) is 8.22. The lowest BCUT2D eigenvalue weighted by molar-refractivity contribution is 0.0697. The van der Waals surface area contributed by atoms with E-state index in [0.717, 1.165) is 29.4 Å². The molecule has 0 fully saturated rings. The lowest BCUT2D eigenvalue weighted by Crippen LogP contribution is -2.15. The summed E-state index contributed by atoms with van der Waals surface area (Å²) in [5.74, 6) is -0.889. The SMILES string of the molecule is CCc1c(C)n(CCCO)c2c(C(C)(C)C)cc(C(=O)O)cc12. The first kappa shape index (κ1) is 17.5. The van der Waals surface area contributed by atoms with E-state index in [1.807, 2.05) is 0 Å². The van der Waals surface area contributed by atoms with Crippen LogP contribution >= 0.6 is 0 Å². The van der Waals surface area contributed by atoms with E-state index in [1.54, 1.807) is 12.1 Å². The first-order valence-corrected chi connectivity index (χ1v) is 8.22. The minimum atomic E-state index is -0.889. The summed E-state index contributed by atoms with van der Waals surface area (Å²) in [4.78, 5) is 11.5. The van der Waals surface area contributed by atoms with Gasteiger partial charge in [-0.2, -0.15) is 0 Å². The van der Waals surface area contributed by atoms with Crippen LogP contribution in [0.2, 0.25) is 0 Å². The van der Waals surface area contributed by atoms with E-state index in [9.17, 15) is 15.0 Å². The number of benzene rings is 1. The zero-order chi connectivity index (χ0) is 17.4. The van der Waals surface area contributed by atoms with Crippen molar-refractivity contribution < 1.29 is 15.0 Å². The molecular formula is C19H27NO3. The molecular weight excluding hydrogens is 290 g/mol. The fraction of sp³-hybridized carbons (Fsp3) is 0.526. The average Bonchev–Trinajstić information content (AvgIpc) is 2.74. The Hall–Kier alpha value is -1.81. The molecule has 0 atom stereocenters. The number of nitrogens with zero attached hydrogens (tertiary/aromatic N) is 1. The monoisotopic (exact) mass is 317 g/mol. The van der Waals surface area contributed by atoms with E-state index >= 15 is 0 Å². The predicted octanol–water partition coefficient (Wildman–Crippen LogP) is 3.89. The number of aliphatic hydroxyl groups is 1. The predicted molar refractivity (Wildman–Crippen MR) is 93.4 cm³/mol. The van der Waals surface area contributed by atoms with Gasteiger partial charge in [0.25, 0.3) is 0 Å². The second-order valence-electron chi connectivity index (χ2n) is 7.12. The van der Waals surface area contributed by atoms with Gasteiger partial charge in [-0.3, -0.25) is 0 Å². The molecule has 0 saturated carbocycles. The molecule has 0 saturated heterocycles. The van der Waals surface area contributed by atoms with Crippen LogP contribution in [-0.2, 0) is 18.4 Å². The van der Waals surface area contributed by atoms with Crippen molar-refractivity contribution >= 4 is 16.9 Å². The fourth-order valence-electron chi connectivity index (χ4n) is 3.33. The van der Waals surface area contributed by atoms with Gasteiger partial charge in [0.1, 0.15) is 0 Å². The van der Waals surface area contributed by atoms with Gasteiger partial charge in [0.05, 0.1) is 11.1 Å². The van der Waals surface area contributed by atoms with Gasteiger partial charge < -0.3 is 14.8 Å². The highest BCUT2D eigenvalue weighted by Crippen LogP contribution is 2.36. The number of rotatable bonds is 5. The van der Waals surface area contributed by atoms with Gasteiger partial charge in [0.15, 0.2) is 0 Å². The van der Waals surface area contributed by atoms with Crippen molar-refractivity contribution in [2.45, 2.75) is 59.4 Å². The quantitative estimate of drug-likeness (QED) is 0.879. The molecule has 4 heteroatoms. The standard InChI is InChI=1S/C19H27NO3/c1-6-14-12(2)20(8-7-9-21)17-15(14)10-13(18(22)23)11-16(17)19(3,4)5/h10-11,21H,6-9H2,1-5H3,(H,22,23). The van der Waals surface area contributed by atoms with Crippen molar-refractivity contribution in [3.63, 3.8) is 0 Å². The van der Waals surface area contributed by atoms with Crippen LogP contribution < -0.4 is 0 Å². The summed E-state index contributed by atoms with van der Waals surface area (Å²) in [6, 6.07) is 3.60. The molecule has 0 aliphatic rings. The Morgan fingerprint density at radius 3 is 2.39 bits per heavy atom. The highest BCUT2D eigenvalue weighted by molar-refractivity contribution is 5.97. The number of hydrogen-bond donors (Lipinski definition) is 2. The first-order chi connectivity index (χ1) is 10.7. The second-order valence-corrected chi connectivity index (χ2v) is 7.12. The van der Waals surface area contributed by atoms with Crippen LogP contribution in [0.3, 0.4) is 0 Å². The Morgan fingerprint density at radius 2 is 1.91 bits per heavy atom. The number of fused-ring (bicyclic) bond motifs is 1. The van der Waals surface area contributed by atoms with Crippen LogP contribution in [0.4, 0.5) is 0 Å². The number of hydrogen-bond acceptors (Lipinski definition) is 2. The van der Waals surface area contributed by atoms with Crippen LogP contribution in [0.15, 0.2) is 12.1 Å². The van der Waals surface area contributed by atoms with Crippen LogP contribution in [0.1, 0.15) is 61.3 Å². The third-order valence-electron chi connectivity index (χ3n) is 4.49. The fourth-order valence-corrected chi connectivity index (χ4v) is 3.33. The van der Waals surface area contributed by atoms with Gasteiger partial charge in [-0.15, -0.1) is 0 Å². The summed E-state index contributed by atoms with van der Waals surface area (Å²) in [7, 11) is 0. The van der Waals surface area contributed by atoms with Gasteiger partial charge in [-0.05, 0) is 48.4 Å². The molecule has 0 aliphatic heterocycles. The molecule has 0 unspecified atom stereocenters. The number of carbonyl (C=O) groups is 1. The summed E-state index contributed by atoms with van der Waals surface area (Å²) >= 11 is 0. The molecule has 23 heavy (non-hydrogen) atoms. The summed E-state index contributed by atoms with van der Waals surface area (Å²) in [5.41, 5.74) is 4.72. The van der Waals surface area contributed by atoms with Gasteiger partial charge in [0.2, 0.25) is 0 Å². The number of aryl methyl sites for hydroxylation is 2. The Kier molecular flexibility index (Phi) is 4.85. The molecule has 1 heterocycles. The van der Waals surface area contributed by atoms with Gasteiger partial charge >= 0.3 is 5.97 Å². The van der Waals surface area contributed by atoms with Gasteiger partial charge in [-0.25, -0.2) is 4.79 Å². The molecule has 2 N–H and O–H groups in total. The van der Waals surface area contributed by atoms with Crippen molar-refractivity contribution in [3.8, 4) is 0 Å². The Morgan fingerprint density at radius 1 is 1.26 bits per heavy atom. The molecule has 1 aromatic heterocycles. The Balaban J connectivity index is 2.91. The molecule has 0 spiro atoms. The van der Waals surface area contributed by atoms with Crippen LogP contribution in [-0.4, -0.2) is 27.4 Å². The van der Waals surface area contributed by atoms with Crippen LogP contribution in [0.25, 0.3) is 10.9 Å². The summed E-state index contributed by atoms with van der Waals surface area (Å²) in [6.45, 7) is 11.4. The number of carboxylic acid groups (broad SMARTS) is 1. The maximum absolute atomic E-state index is 11.5. The van der Waals surface area contributed by atoms with E-state index in [2.05, 4.69) is 39.2 Å². The molecule has 0 aliphatic carbocycles. The topological polar surface area (TPSA) is 62.5 Å². The summed E-state index contributed by atoms with van der Waals surface area (Å²) in [5, 5.41) is 19.7. The molecule has 2 aromatic rings. The van der Waals surface area contributed by atoms with Gasteiger partial charge in [0, 0.05) is 24.2 Å². The van der Waals surface area contributed by atoms with Gasteiger partial charge in [-0.1, -0.05) is 27.7 Å². The summed E-state index contributed by atoms with van der Waals surface area (Å²) < 4.78 is 2.25. The Bertz CT molecular complexity index is 735. The molecule has 0 bridgehead atoms. The number of aromatic nitrogens is 1. The minimum Gasteiger partial charge on any atom is -0.478 e. The normalized spacial score (nSPS) is 12.1. The van der Waals surface area contributed by atoms with Crippen LogP contribution in [0, 0.1) is 6.92 Å². The number of carboxylic acids is 1. The lowest BCUT2D eigenvalue weighted by atomic mass is 9.84. The van der Waals surface area contributed by atoms with Crippen molar-refractivity contribution in [1.29, 1.82) is 0 Å². The molecule has 0 radical (unpaired) electrons. The van der Waals surface area contributed by atoms with E-state index in [0.29, 0.717) is 12.0 Å². The molecule has 4 nitrogen and oxygen atoms in total. The van der Waals surface area contributed by atoms with E-state index in [4.69, 9.17) is 0 Å². The maximum atomic E-state index is 11.5. The molecule has 2 rings (SSSR count). The lowest BCUT2D eigenvalue weighted by Gasteiger charge is -2.23. The zero-order valence-corrected chi connectivity index (χ0v) is 14.7. The largest absolute Gasteiger partial charge is 0.478 e. The highest BCUT2D eigenvalue weighted by atomic mass is 16.4. The Labute approximate surface area is 137 Å². The van der Waals surface area contributed by atoms with E-state index < -0.39 is 5.97 Å². The zero-order valence-electron chi connectivity index (χ0n) is 14.7. The van der Waals surface area contributed by atoms with Crippen molar-refractivity contribution in [1.82, 2.24) is 4.57 Å². The third-order valence-corrected chi connectivity index (χ3v) is 4.49.